The Morgan fingerprint density at radius 1 is 1.03 bits per heavy atom. The van der Waals surface area contributed by atoms with Gasteiger partial charge >= 0.3 is 6.03 Å². The van der Waals surface area contributed by atoms with Crippen molar-refractivity contribution in [3.63, 3.8) is 0 Å². The average molecular weight is 469 g/mol. The summed E-state index contributed by atoms with van der Waals surface area (Å²) in [5, 5.41) is 4.93. The lowest BCUT2D eigenvalue weighted by Crippen LogP contribution is -2.49. The van der Waals surface area contributed by atoms with Crippen LogP contribution in [0.1, 0.15) is 17.3 Å². The molecule has 174 valence electrons. The Morgan fingerprint density at radius 3 is 2.42 bits per heavy atom. The standard InChI is InChI=1S/C24H28N4O4S/c1-24(22(30)25-23(31)26-24)17-33-20-10-6-5-9-19(20)21(29)28-13-11-27(12-14-28)15-16-32-18-7-3-2-4-8-18/h2-10H,11-17H2,1H3,(H2,25,26,30,31). The van der Waals surface area contributed by atoms with Gasteiger partial charge in [-0.1, -0.05) is 30.3 Å². The molecule has 0 saturated carbocycles. The summed E-state index contributed by atoms with van der Waals surface area (Å²) < 4.78 is 5.78. The fourth-order valence-corrected chi connectivity index (χ4v) is 4.96. The van der Waals surface area contributed by atoms with E-state index >= 15 is 0 Å². The van der Waals surface area contributed by atoms with Crippen molar-refractivity contribution in [3.05, 3.63) is 60.2 Å². The fourth-order valence-electron chi connectivity index (χ4n) is 3.83. The Morgan fingerprint density at radius 2 is 1.73 bits per heavy atom. The van der Waals surface area contributed by atoms with Crippen molar-refractivity contribution in [2.75, 3.05) is 45.1 Å². The van der Waals surface area contributed by atoms with Gasteiger partial charge in [0.2, 0.25) is 0 Å². The van der Waals surface area contributed by atoms with E-state index < -0.39 is 11.6 Å². The van der Waals surface area contributed by atoms with Crippen LogP contribution in [-0.4, -0.2) is 78.3 Å². The van der Waals surface area contributed by atoms with Crippen LogP contribution in [0.4, 0.5) is 4.79 Å². The van der Waals surface area contributed by atoms with Gasteiger partial charge in [-0.2, -0.15) is 0 Å². The number of amides is 4. The summed E-state index contributed by atoms with van der Waals surface area (Å²) in [6.45, 7) is 6.01. The lowest BCUT2D eigenvalue weighted by molar-refractivity contribution is -0.122. The Bertz CT molecular complexity index is 1010. The molecule has 2 N–H and O–H groups in total. The number of urea groups is 1. The third-order valence-electron chi connectivity index (χ3n) is 5.83. The molecule has 9 heteroatoms. The van der Waals surface area contributed by atoms with Crippen molar-refractivity contribution >= 4 is 29.6 Å². The number of piperazine rings is 1. The highest BCUT2D eigenvalue weighted by atomic mass is 32.2. The van der Waals surface area contributed by atoms with Crippen LogP contribution >= 0.6 is 11.8 Å². The number of rotatable bonds is 8. The highest BCUT2D eigenvalue weighted by Gasteiger charge is 2.42. The minimum Gasteiger partial charge on any atom is -0.492 e. The molecule has 0 radical (unpaired) electrons. The number of nitrogens with one attached hydrogen (secondary N) is 2. The van der Waals surface area contributed by atoms with E-state index in [4.69, 9.17) is 4.74 Å². The maximum atomic E-state index is 13.2. The van der Waals surface area contributed by atoms with Gasteiger partial charge in [-0.05, 0) is 31.2 Å². The number of carbonyl (C=O) groups excluding carboxylic acids is 3. The summed E-state index contributed by atoms with van der Waals surface area (Å²) in [6, 6.07) is 16.7. The minimum atomic E-state index is -0.995. The smallest absolute Gasteiger partial charge is 0.322 e. The third-order valence-corrected chi connectivity index (χ3v) is 7.22. The highest BCUT2D eigenvalue weighted by Crippen LogP contribution is 2.28. The summed E-state index contributed by atoms with van der Waals surface area (Å²) in [7, 11) is 0. The summed E-state index contributed by atoms with van der Waals surface area (Å²) in [5.74, 6) is 0.841. The number of ether oxygens (including phenoxy) is 1. The Labute approximate surface area is 197 Å². The predicted molar refractivity (Wildman–Crippen MR) is 127 cm³/mol. The van der Waals surface area contributed by atoms with E-state index in [2.05, 4.69) is 15.5 Å². The number of hydrogen-bond acceptors (Lipinski definition) is 6. The van der Waals surface area contributed by atoms with E-state index in [0.29, 0.717) is 31.0 Å². The van der Waals surface area contributed by atoms with Gasteiger partial charge in [-0.15, -0.1) is 11.8 Å². The Kier molecular flexibility index (Phi) is 7.20. The summed E-state index contributed by atoms with van der Waals surface area (Å²) in [6.07, 6.45) is 0. The summed E-state index contributed by atoms with van der Waals surface area (Å²) >= 11 is 1.40. The molecule has 4 rings (SSSR count). The molecule has 2 aliphatic heterocycles. The molecule has 2 aliphatic rings. The molecule has 8 nitrogen and oxygen atoms in total. The van der Waals surface area contributed by atoms with Gasteiger partial charge in [-0.25, -0.2) is 4.79 Å². The van der Waals surface area contributed by atoms with Crippen molar-refractivity contribution < 1.29 is 19.1 Å². The van der Waals surface area contributed by atoms with E-state index in [1.165, 1.54) is 11.8 Å². The van der Waals surface area contributed by atoms with Gasteiger partial charge in [0.05, 0.1) is 5.56 Å². The number of imide groups is 1. The Balaban J connectivity index is 1.29. The van der Waals surface area contributed by atoms with Gasteiger partial charge in [0, 0.05) is 43.4 Å². The predicted octanol–water partition coefficient (Wildman–Crippen LogP) is 2.21. The summed E-state index contributed by atoms with van der Waals surface area (Å²) in [5.41, 5.74) is -0.373. The van der Waals surface area contributed by atoms with Crippen molar-refractivity contribution in [2.24, 2.45) is 0 Å². The second kappa shape index (κ2) is 10.3. The topological polar surface area (TPSA) is 91.0 Å². The number of benzene rings is 2. The lowest BCUT2D eigenvalue weighted by atomic mass is 10.1. The van der Waals surface area contributed by atoms with Gasteiger partial charge in [-0.3, -0.25) is 19.8 Å². The normalized spacial score (nSPS) is 20.9. The summed E-state index contributed by atoms with van der Waals surface area (Å²) in [4.78, 5) is 41.8. The molecule has 2 heterocycles. The first-order chi connectivity index (χ1) is 15.9. The fraction of sp³-hybridized carbons (Fsp3) is 0.375. The molecule has 0 spiro atoms. The quantitative estimate of drug-likeness (QED) is 0.456. The van der Waals surface area contributed by atoms with Gasteiger partial charge in [0.1, 0.15) is 17.9 Å². The van der Waals surface area contributed by atoms with E-state index in [0.717, 1.165) is 30.3 Å². The first kappa shape index (κ1) is 23.1. The van der Waals surface area contributed by atoms with Gasteiger partial charge in [0.25, 0.3) is 11.8 Å². The molecule has 2 aromatic carbocycles. The molecule has 33 heavy (non-hydrogen) atoms. The first-order valence-electron chi connectivity index (χ1n) is 11.0. The first-order valence-corrected chi connectivity index (χ1v) is 12.0. The largest absolute Gasteiger partial charge is 0.492 e. The van der Waals surface area contributed by atoms with E-state index in [9.17, 15) is 14.4 Å². The second-order valence-corrected chi connectivity index (χ2v) is 9.34. The van der Waals surface area contributed by atoms with Gasteiger partial charge in [0.15, 0.2) is 0 Å². The molecule has 2 aromatic rings. The van der Waals surface area contributed by atoms with Crippen molar-refractivity contribution in [2.45, 2.75) is 17.4 Å². The molecule has 0 aliphatic carbocycles. The van der Waals surface area contributed by atoms with Crippen molar-refractivity contribution in [3.8, 4) is 5.75 Å². The molecular weight excluding hydrogens is 440 g/mol. The molecular formula is C24H28N4O4S. The molecule has 0 aromatic heterocycles. The van der Waals surface area contributed by atoms with Crippen LogP contribution in [-0.2, 0) is 4.79 Å². The average Bonchev–Trinajstić information content (AvgIpc) is 3.10. The van der Waals surface area contributed by atoms with Crippen LogP contribution in [0.25, 0.3) is 0 Å². The molecule has 2 fully saturated rings. The SMILES string of the molecule is CC1(CSc2ccccc2C(=O)N2CCN(CCOc3ccccc3)CC2)NC(=O)NC1=O. The van der Waals surface area contributed by atoms with E-state index in [1.807, 2.05) is 59.5 Å². The third kappa shape index (κ3) is 5.66. The lowest BCUT2D eigenvalue weighted by Gasteiger charge is -2.35. The molecule has 1 unspecified atom stereocenters. The van der Waals surface area contributed by atoms with E-state index in [1.54, 1.807) is 6.92 Å². The molecule has 1 atom stereocenters. The number of hydrogen-bond donors (Lipinski definition) is 2. The zero-order valence-electron chi connectivity index (χ0n) is 18.6. The molecule has 2 saturated heterocycles. The maximum Gasteiger partial charge on any atom is 0.322 e. The minimum absolute atomic E-state index is 0.0108. The van der Waals surface area contributed by atoms with Crippen LogP contribution in [0.3, 0.4) is 0 Å². The van der Waals surface area contributed by atoms with Crippen LogP contribution in [0.5, 0.6) is 5.75 Å². The number of para-hydroxylation sites is 1. The molecule has 4 amide bonds. The molecule has 0 bridgehead atoms. The maximum absolute atomic E-state index is 13.2. The van der Waals surface area contributed by atoms with Crippen molar-refractivity contribution in [1.29, 1.82) is 0 Å². The Hall–Kier alpha value is -3.04. The van der Waals surface area contributed by atoms with Crippen LogP contribution in [0.15, 0.2) is 59.5 Å². The highest BCUT2D eigenvalue weighted by molar-refractivity contribution is 7.99. The van der Waals surface area contributed by atoms with Gasteiger partial charge < -0.3 is 15.0 Å². The van der Waals surface area contributed by atoms with Crippen LogP contribution in [0, 0.1) is 0 Å². The van der Waals surface area contributed by atoms with Crippen LogP contribution < -0.4 is 15.4 Å². The van der Waals surface area contributed by atoms with E-state index in [-0.39, 0.29) is 11.8 Å². The monoisotopic (exact) mass is 468 g/mol. The zero-order valence-corrected chi connectivity index (χ0v) is 19.4. The number of carbonyl (C=O) groups is 3. The number of nitrogens with zero attached hydrogens (tertiary/aromatic N) is 2. The van der Waals surface area contributed by atoms with Crippen molar-refractivity contribution in [1.82, 2.24) is 20.4 Å². The number of thioether (sulfide) groups is 1. The second-order valence-electron chi connectivity index (χ2n) is 8.32. The zero-order chi connectivity index (χ0) is 23.3. The van der Waals surface area contributed by atoms with Crippen LogP contribution in [0.2, 0.25) is 0 Å².